The minimum Gasteiger partial charge on any atom is -0.322 e. The van der Waals surface area contributed by atoms with E-state index in [9.17, 15) is 13.2 Å². The van der Waals surface area contributed by atoms with E-state index in [2.05, 4.69) is 9.71 Å². The zero-order valence-electron chi connectivity index (χ0n) is 14.5. The number of halogens is 1. The van der Waals surface area contributed by atoms with Crippen LogP contribution in [0.1, 0.15) is 16.7 Å². The molecule has 136 valence electrons. The van der Waals surface area contributed by atoms with Crippen molar-refractivity contribution in [3.63, 3.8) is 0 Å². The van der Waals surface area contributed by atoms with Gasteiger partial charge in [0.05, 0.1) is 5.02 Å². The van der Waals surface area contributed by atoms with Gasteiger partial charge in [-0.05, 0) is 67.1 Å². The van der Waals surface area contributed by atoms with Crippen LogP contribution in [0, 0.1) is 13.8 Å². The van der Waals surface area contributed by atoms with E-state index >= 15 is 0 Å². The van der Waals surface area contributed by atoms with Crippen LogP contribution < -0.4 is 10.3 Å². The number of hydrogen-bond donors (Lipinski definition) is 2. The molecule has 3 rings (SSSR count). The van der Waals surface area contributed by atoms with Crippen LogP contribution in [0.15, 0.2) is 52.2 Å². The number of fused-ring (bicyclic) bond motifs is 1. The fourth-order valence-corrected chi connectivity index (χ4v) is 4.32. The highest BCUT2D eigenvalue weighted by atomic mass is 35.5. The van der Waals surface area contributed by atoms with Gasteiger partial charge in [-0.1, -0.05) is 23.7 Å². The maximum atomic E-state index is 12.3. The first kappa shape index (κ1) is 18.6. The molecular weight excluding hydrogens is 372 g/mol. The molecule has 0 atom stereocenters. The standard InChI is InChI=1S/C19H19ClN2O3S/c1-12-9-15-11-14(19(23)22-17(15)10-13(12)2)7-8-21-26(24,25)18-6-4-3-5-16(18)20/h3-6,9-11,21H,7-8H2,1-2H3,(H,22,23). The summed E-state index contributed by atoms with van der Waals surface area (Å²) in [6.45, 7) is 4.11. The Balaban J connectivity index is 1.80. The van der Waals surface area contributed by atoms with Crippen molar-refractivity contribution in [2.24, 2.45) is 0 Å². The summed E-state index contributed by atoms with van der Waals surface area (Å²) in [5.41, 5.74) is 3.34. The zero-order valence-corrected chi connectivity index (χ0v) is 16.0. The largest absolute Gasteiger partial charge is 0.322 e. The number of H-pyrrole nitrogens is 1. The minimum absolute atomic E-state index is 0.0280. The first-order chi connectivity index (χ1) is 12.3. The molecule has 0 aliphatic carbocycles. The molecule has 0 saturated heterocycles. The van der Waals surface area contributed by atoms with Gasteiger partial charge in [-0.25, -0.2) is 13.1 Å². The quantitative estimate of drug-likeness (QED) is 0.701. The predicted octanol–water partition coefficient (Wildman–Crippen LogP) is 3.32. The second-order valence-corrected chi connectivity index (χ2v) is 8.37. The lowest BCUT2D eigenvalue weighted by Gasteiger charge is -2.09. The smallest absolute Gasteiger partial charge is 0.251 e. The first-order valence-corrected chi connectivity index (χ1v) is 10.0. The van der Waals surface area contributed by atoms with Gasteiger partial charge in [0.2, 0.25) is 10.0 Å². The second-order valence-electron chi connectivity index (χ2n) is 6.23. The van der Waals surface area contributed by atoms with Gasteiger partial charge in [0.15, 0.2) is 0 Å². The molecule has 0 aliphatic heterocycles. The van der Waals surface area contributed by atoms with Crippen LogP contribution in [0.3, 0.4) is 0 Å². The molecule has 0 fully saturated rings. The van der Waals surface area contributed by atoms with E-state index in [1.165, 1.54) is 12.1 Å². The normalized spacial score (nSPS) is 11.8. The van der Waals surface area contributed by atoms with Gasteiger partial charge in [-0.15, -0.1) is 0 Å². The van der Waals surface area contributed by atoms with Crippen molar-refractivity contribution in [3.05, 3.63) is 74.5 Å². The van der Waals surface area contributed by atoms with E-state index in [-0.39, 0.29) is 28.4 Å². The van der Waals surface area contributed by atoms with Gasteiger partial charge in [-0.3, -0.25) is 4.79 Å². The molecular formula is C19H19ClN2O3S. The molecule has 1 heterocycles. The molecule has 5 nitrogen and oxygen atoms in total. The van der Waals surface area contributed by atoms with Gasteiger partial charge in [0, 0.05) is 17.6 Å². The summed E-state index contributed by atoms with van der Waals surface area (Å²) in [4.78, 5) is 15.1. The third-order valence-electron chi connectivity index (χ3n) is 4.35. The Hall–Kier alpha value is -2.15. The highest BCUT2D eigenvalue weighted by Gasteiger charge is 2.17. The lowest BCUT2D eigenvalue weighted by Crippen LogP contribution is -2.27. The number of hydrogen-bond acceptors (Lipinski definition) is 3. The molecule has 3 aromatic rings. The van der Waals surface area contributed by atoms with E-state index in [1.54, 1.807) is 12.1 Å². The van der Waals surface area contributed by atoms with Crippen LogP contribution in [0.2, 0.25) is 5.02 Å². The van der Waals surface area contributed by atoms with E-state index in [0.29, 0.717) is 5.56 Å². The van der Waals surface area contributed by atoms with Crippen molar-refractivity contribution in [1.29, 1.82) is 0 Å². The Labute approximate surface area is 157 Å². The van der Waals surface area contributed by atoms with Gasteiger partial charge in [0.1, 0.15) is 4.90 Å². The summed E-state index contributed by atoms with van der Waals surface area (Å²) in [6, 6.07) is 12.0. The lowest BCUT2D eigenvalue weighted by molar-refractivity contribution is 0.581. The monoisotopic (exact) mass is 390 g/mol. The number of pyridine rings is 1. The third kappa shape index (κ3) is 3.82. The van der Waals surface area contributed by atoms with Crippen LogP contribution in [0.4, 0.5) is 0 Å². The molecule has 0 spiro atoms. The Morgan fingerprint density at radius 3 is 2.50 bits per heavy atom. The molecule has 0 saturated carbocycles. The molecule has 1 aromatic heterocycles. The maximum Gasteiger partial charge on any atom is 0.251 e. The molecule has 0 bridgehead atoms. The minimum atomic E-state index is -3.72. The molecule has 2 aromatic carbocycles. The highest BCUT2D eigenvalue weighted by Crippen LogP contribution is 2.20. The predicted molar refractivity (Wildman–Crippen MR) is 104 cm³/mol. The van der Waals surface area contributed by atoms with Crippen LogP contribution in [-0.2, 0) is 16.4 Å². The number of aryl methyl sites for hydroxylation is 2. The van der Waals surface area contributed by atoms with Crippen LogP contribution in [-0.4, -0.2) is 19.9 Å². The summed E-state index contributed by atoms with van der Waals surface area (Å²) in [5, 5.41) is 1.09. The van der Waals surface area contributed by atoms with E-state index < -0.39 is 10.0 Å². The third-order valence-corrected chi connectivity index (χ3v) is 6.31. The molecule has 0 unspecified atom stereocenters. The maximum absolute atomic E-state index is 12.3. The van der Waals surface area contributed by atoms with E-state index in [1.807, 2.05) is 32.0 Å². The number of aromatic nitrogens is 1. The average Bonchev–Trinajstić information content (AvgIpc) is 2.57. The number of nitrogens with one attached hydrogen (secondary N) is 2. The molecule has 26 heavy (non-hydrogen) atoms. The van der Waals surface area contributed by atoms with Crippen molar-refractivity contribution in [2.45, 2.75) is 25.2 Å². The average molecular weight is 391 g/mol. The van der Waals surface area contributed by atoms with E-state index in [0.717, 1.165) is 22.0 Å². The number of aromatic amines is 1. The van der Waals surface area contributed by atoms with Crippen molar-refractivity contribution >= 4 is 32.5 Å². The Morgan fingerprint density at radius 2 is 1.77 bits per heavy atom. The summed E-state index contributed by atoms with van der Waals surface area (Å²) in [7, 11) is -3.72. The molecule has 0 amide bonds. The number of benzene rings is 2. The van der Waals surface area contributed by atoms with Crippen molar-refractivity contribution < 1.29 is 8.42 Å². The second kappa shape index (κ2) is 7.23. The SMILES string of the molecule is Cc1cc2cc(CCNS(=O)(=O)c3ccccc3Cl)c(=O)[nH]c2cc1C. The molecule has 7 heteroatoms. The van der Waals surface area contributed by atoms with Gasteiger partial charge in [0.25, 0.3) is 5.56 Å². The van der Waals surface area contributed by atoms with Crippen LogP contribution in [0.25, 0.3) is 10.9 Å². The Kier molecular flexibility index (Phi) is 5.18. The van der Waals surface area contributed by atoms with Gasteiger partial charge in [-0.2, -0.15) is 0 Å². The molecule has 0 aliphatic rings. The van der Waals surface area contributed by atoms with Crippen LogP contribution in [0.5, 0.6) is 0 Å². The lowest BCUT2D eigenvalue weighted by atomic mass is 10.0. The fourth-order valence-electron chi connectivity index (χ4n) is 2.77. The fraction of sp³-hybridized carbons (Fsp3) is 0.211. The topological polar surface area (TPSA) is 79.0 Å². The highest BCUT2D eigenvalue weighted by molar-refractivity contribution is 7.89. The van der Waals surface area contributed by atoms with Gasteiger partial charge >= 0.3 is 0 Å². The van der Waals surface area contributed by atoms with E-state index in [4.69, 9.17) is 11.6 Å². The first-order valence-electron chi connectivity index (χ1n) is 8.15. The number of sulfonamides is 1. The van der Waals surface area contributed by atoms with Crippen LogP contribution >= 0.6 is 11.6 Å². The van der Waals surface area contributed by atoms with Gasteiger partial charge < -0.3 is 4.98 Å². The van der Waals surface area contributed by atoms with Crippen molar-refractivity contribution in [1.82, 2.24) is 9.71 Å². The van der Waals surface area contributed by atoms with Crippen molar-refractivity contribution in [2.75, 3.05) is 6.54 Å². The molecule has 0 radical (unpaired) electrons. The Morgan fingerprint density at radius 1 is 1.08 bits per heavy atom. The zero-order chi connectivity index (χ0) is 18.9. The molecule has 2 N–H and O–H groups in total. The Bertz CT molecular complexity index is 1140. The van der Waals surface area contributed by atoms with Crippen molar-refractivity contribution in [3.8, 4) is 0 Å². The number of rotatable bonds is 5. The summed E-state index contributed by atoms with van der Waals surface area (Å²) < 4.78 is 27.2. The summed E-state index contributed by atoms with van der Waals surface area (Å²) in [6.07, 6.45) is 0.280. The summed E-state index contributed by atoms with van der Waals surface area (Å²) in [5.74, 6) is 0. The summed E-state index contributed by atoms with van der Waals surface area (Å²) >= 11 is 5.95.